The van der Waals surface area contributed by atoms with Gasteiger partial charge >= 0.3 is 0 Å². The van der Waals surface area contributed by atoms with Crippen molar-refractivity contribution in [2.24, 2.45) is 0 Å². The minimum Gasteiger partial charge on any atom is -0.298 e. The van der Waals surface area contributed by atoms with Crippen molar-refractivity contribution in [3.05, 3.63) is 58.9 Å². The molecule has 0 amide bonds. The molecule has 0 spiro atoms. The predicted molar refractivity (Wildman–Crippen MR) is 93.7 cm³/mol. The molecule has 0 aliphatic rings. The van der Waals surface area contributed by atoms with E-state index >= 15 is 0 Å². The van der Waals surface area contributed by atoms with Crippen LogP contribution in [0.4, 0.5) is 0 Å². The molecule has 0 radical (unpaired) electrons. The van der Waals surface area contributed by atoms with Crippen LogP contribution in [0, 0.1) is 18.3 Å². The summed E-state index contributed by atoms with van der Waals surface area (Å²) in [5, 5.41) is 9.99. The summed E-state index contributed by atoms with van der Waals surface area (Å²) in [5.41, 5.74) is 1.36. The SMILES string of the molecule is Cc1cccc(C(C#N)C(=O)CCCSc2ccc(Cl)cc2)n1. The number of Topliss-reactive ketones (excluding diaryl/α,β-unsaturated/α-hetero) is 1. The Morgan fingerprint density at radius 3 is 2.70 bits per heavy atom. The van der Waals surface area contributed by atoms with Crippen molar-refractivity contribution in [1.29, 1.82) is 5.26 Å². The van der Waals surface area contributed by atoms with Crippen molar-refractivity contribution >= 4 is 29.1 Å². The van der Waals surface area contributed by atoms with Gasteiger partial charge in [-0.2, -0.15) is 5.26 Å². The van der Waals surface area contributed by atoms with Gasteiger partial charge in [-0.15, -0.1) is 11.8 Å². The Morgan fingerprint density at radius 1 is 1.30 bits per heavy atom. The molecule has 3 nitrogen and oxygen atoms in total. The molecule has 118 valence electrons. The van der Waals surface area contributed by atoms with E-state index in [-0.39, 0.29) is 5.78 Å². The first-order valence-corrected chi connectivity index (χ1v) is 8.71. The molecule has 2 rings (SSSR count). The van der Waals surface area contributed by atoms with Gasteiger partial charge in [-0.25, -0.2) is 0 Å². The average Bonchev–Trinajstić information content (AvgIpc) is 2.54. The summed E-state index contributed by atoms with van der Waals surface area (Å²) in [6.45, 7) is 1.85. The first-order valence-electron chi connectivity index (χ1n) is 7.34. The monoisotopic (exact) mass is 344 g/mol. The fraction of sp³-hybridized carbons (Fsp3) is 0.278. The standard InChI is InChI=1S/C18H17ClN2OS/c1-13-4-2-5-17(21-13)16(12-20)18(22)6-3-11-23-15-9-7-14(19)8-10-15/h2,4-5,7-10,16H,3,6,11H2,1H3. The number of nitriles is 1. The molecule has 1 unspecified atom stereocenters. The molecule has 0 fully saturated rings. The summed E-state index contributed by atoms with van der Waals surface area (Å²) >= 11 is 7.52. The summed E-state index contributed by atoms with van der Waals surface area (Å²) < 4.78 is 0. The van der Waals surface area contributed by atoms with Crippen molar-refractivity contribution in [3.8, 4) is 6.07 Å². The normalized spacial score (nSPS) is 11.7. The number of carbonyl (C=O) groups excluding carboxylic acids is 1. The van der Waals surface area contributed by atoms with Crippen LogP contribution in [-0.4, -0.2) is 16.5 Å². The largest absolute Gasteiger partial charge is 0.298 e. The maximum atomic E-state index is 12.3. The number of carbonyl (C=O) groups is 1. The molecule has 23 heavy (non-hydrogen) atoms. The van der Waals surface area contributed by atoms with Gasteiger partial charge in [-0.05, 0) is 55.5 Å². The number of hydrogen-bond donors (Lipinski definition) is 0. The Kier molecular flexibility index (Phi) is 6.64. The van der Waals surface area contributed by atoms with Crippen molar-refractivity contribution in [3.63, 3.8) is 0 Å². The van der Waals surface area contributed by atoms with E-state index in [0.717, 1.165) is 22.8 Å². The second kappa shape index (κ2) is 8.71. The van der Waals surface area contributed by atoms with E-state index in [1.807, 2.05) is 43.3 Å². The fourth-order valence-corrected chi connectivity index (χ4v) is 3.12. The van der Waals surface area contributed by atoms with Crippen LogP contribution in [0.15, 0.2) is 47.4 Å². The van der Waals surface area contributed by atoms with Gasteiger partial charge in [0, 0.05) is 22.0 Å². The van der Waals surface area contributed by atoms with Crippen LogP contribution in [-0.2, 0) is 4.79 Å². The van der Waals surface area contributed by atoms with Gasteiger partial charge in [0.05, 0.1) is 11.8 Å². The molecule has 1 aromatic heterocycles. The number of hydrogen-bond acceptors (Lipinski definition) is 4. The van der Waals surface area contributed by atoms with Gasteiger partial charge < -0.3 is 0 Å². The molecule has 2 aromatic rings. The van der Waals surface area contributed by atoms with E-state index in [1.54, 1.807) is 17.8 Å². The highest BCUT2D eigenvalue weighted by molar-refractivity contribution is 7.99. The fourth-order valence-electron chi connectivity index (χ4n) is 2.14. The third-order valence-corrected chi connectivity index (χ3v) is 4.66. The Hall–Kier alpha value is -1.83. The molecule has 5 heteroatoms. The van der Waals surface area contributed by atoms with E-state index in [0.29, 0.717) is 17.1 Å². The third-order valence-electron chi connectivity index (χ3n) is 3.31. The van der Waals surface area contributed by atoms with Crippen LogP contribution in [0.3, 0.4) is 0 Å². The van der Waals surface area contributed by atoms with Gasteiger partial charge in [0.15, 0.2) is 5.78 Å². The summed E-state index contributed by atoms with van der Waals surface area (Å²) in [6.07, 6.45) is 1.12. The molecule has 0 N–H and O–H groups in total. The van der Waals surface area contributed by atoms with Crippen LogP contribution in [0.5, 0.6) is 0 Å². The van der Waals surface area contributed by atoms with Gasteiger partial charge in [-0.3, -0.25) is 9.78 Å². The number of nitrogens with zero attached hydrogens (tertiary/aromatic N) is 2. The van der Waals surface area contributed by atoms with Crippen LogP contribution in [0.25, 0.3) is 0 Å². The minimum atomic E-state index is -0.768. The second-order valence-corrected chi connectivity index (χ2v) is 6.74. The Morgan fingerprint density at radius 2 is 2.04 bits per heavy atom. The quantitative estimate of drug-likeness (QED) is 0.535. The molecule has 1 heterocycles. The lowest BCUT2D eigenvalue weighted by atomic mass is 9.98. The number of aryl methyl sites for hydroxylation is 1. The molecule has 0 saturated heterocycles. The first kappa shape index (κ1) is 17.5. The number of halogens is 1. The third kappa shape index (κ3) is 5.38. The summed E-state index contributed by atoms with van der Waals surface area (Å²) in [4.78, 5) is 17.7. The second-order valence-electron chi connectivity index (χ2n) is 5.14. The molecule has 0 bridgehead atoms. The average molecular weight is 345 g/mol. The van der Waals surface area contributed by atoms with E-state index < -0.39 is 5.92 Å². The van der Waals surface area contributed by atoms with Gasteiger partial charge in [0.25, 0.3) is 0 Å². The maximum absolute atomic E-state index is 12.3. The Balaban J connectivity index is 1.83. The highest BCUT2D eigenvalue weighted by atomic mass is 35.5. The Bertz CT molecular complexity index is 710. The molecule has 1 aromatic carbocycles. The smallest absolute Gasteiger partial charge is 0.156 e. The Labute approximate surface area is 145 Å². The van der Waals surface area contributed by atoms with Crippen LogP contribution in [0.1, 0.15) is 30.1 Å². The molecule has 0 aliphatic heterocycles. The number of pyridine rings is 1. The number of aromatic nitrogens is 1. The van der Waals surface area contributed by atoms with Crippen molar-refractivity contribution < 1.29 is 4.79 Å². The zero-order valence-corrected chi connectivity index (χ0v) is 14.4. The number of ketones is 1. The molecular formula is C18H17ClN2OS. The number of rotatable bonds is 7. The van der Waals surface area contributed by atoms with Gasteiger partial charge in [-0.1, -0.05) is 17.7 Å². The summed E-state index contributed by atoms with van der Waals surface area (Å²) in [5.74, 6) is -0.00927. The van der Waals surface area contributed by atoms with Gasteiger partial charge in [0.1, 0.15) is 5.92 Å². The maximum Gasteiger partial charge on any atom is 0.156 e. The van der Waals surface area contributed by atoms with Crippen LogP contribution < -0.4 is 0 Å². The van der Waals surface area contributed by atoms with Crippen molar-refractivity contribution in [2.75, 3.05) is 5.75 Å². The highest BCUT2D eigenvalue weighted by Gasteiger charge is 2.20. The van der Waals surface area contributed by atoms with Crippen LogP contribution >= 0.6 is 23.4 Å². The highest BCUT2D eigenvalue weighted by Crippen LogP contribution is 2.23. The van der Waals surface area contributed by atoms with E-state index in [9.17, 15) is 10.1 Å². The lowest BCUT2D eigenvalue weighted by Gasteiger charge is -2.08. The topological polar surface area (TPSA) is 53.8 Å². The summed E-state index contributed by atoms with van der Waals surface area (Å²) in [7, 11) is 0. The van der Waals surface area contributed by atoms with E-state index in [2.05, 4.69) is 11.1 Å². The minimum absolute atomic E-state index is 0.0673. The lowest BCUT2D eigenvalue weighted by Crippen LogP contribution is -2.12. The van der Waals surface area contributed by atoms with Crippen molar-refractivity contribution in [2.45, 2.75) is 30.6 Å². The first-order chi connectivity index (χ1) is 11.1. The lowest BCUT2D eigenvalue weighted by molar-refractivity contribution is -0.119. The molecule has 0 aliphatic carbocycles. The van der Waals surface area contributed by atoms with E-state index in [1.165, 1.54) is 0 Å². The molecular weight excluding hydrogens is 328 g/mol. The van der Waals surface area contributed by atoms with E-state index in [4.69, 9.17) is 11.6 Å². The predicted octanol–water partition coefficient (Wildman–Crippen LogP) is 4.79. The zero-order valence-electron chi connectivity index (χ0n) is 12.8. The molecule has 1 atom stereocenters. The van der Waals surface area contributed by atoms with Crippen molar-refractivity contribution in [1.82, 2.24) is 4.98 Å². The zero-order chi connectivity index (χ0) is 16.7. The van der Waals surface area contributed by atoms with Gasteiger partial charge in [0.2, 0.25) is 0 Å². The number of benzene rings is 1. The molecule has 0 saturated carbocycles. The summed E-state index contributed by atoms with van der Waals surface area (Å²) in [6, 6.07) is 15.1. The number of thioether (sulfide) groups is 1. The van der Waals surface area contributed by atoms with Crippen LogP contribution in [0.2, 0.25) is 5.02 Å².